The van der Waals surface area contributed by atoms with Crippen LogP contribution in [0.2, 0.25) is 5.02 Å². The van der Waals surface area contributed by atoms with Crippen molar-refractivity contribution in [3.63, 3.8) is 0 Å². The minimum Gasteiger partial charge on any atom is -0.324 e. The Kier molecular flexibility index (Phi) is 5.70. The molecule has 0 radical (unpaired) electrons. The van der Waals surface area contributed by atoms with Gasteiger partial charge in [0.15, 0.2) is 5.69 Å². The molecule has 3 rings (SSSR count). The SMILES string of the molecule is Cc1ccc(F)cc1NC(=O)c1nnn(CC(=O)Nc2ccc(Cl)cc2)c1C. The molecule has 1 heterocycles. The minimum atomic E-state index is -0.532. The topological polar surface area (TPSA) is 88.9 Å². The normalized spacial score (nSPS) is 10.6. The highest BCUT2D eigenvalue weighted by Gasteiger charge is 2.19. The number of carbonyl (C=O) groups excluding carboxylic acids is 2. The number of nitrogens with one attached hydrogen (secondary N) is 2. The zero-order chi connectivity index (χ0) is 20.3. The van der Waals surface area contributed by atoms with Gasteiger partial charge in [0.25, 0.3) is 5.91 Å². The molecule has 0 saturated carbocycles. The number of hydrogen-bond donors (Lipinski definition) is 2. The number of rotatable bonds is 5. The van der Waals surface area contributed by atoms with Crippen molar-refractivity contribution in [3.8, 4) is 0 Å². The van der Waals surface area contributed by atoms with E-state index in [1.807, 2.05) is 0 Å². The summed E-state index contributed by atoms with van der Waals surface area (Å²) in [6, 6.07) is 10.8. The summed E-state index contributed by atoms with van der Waals surface area (Å²) in [4.78, 5) is 24.7. The average molecular weight is 402 g/mol. The van der Waals surface area contributed by atoms with Gasteiger partial charge in [-0.05, 0) is 55.8 Å². The van der Waals surface area contributed by atoms with E-state index in [0.29, 0.717) is 27.7 Å². The number of amides is 2. The summed E-state index contributed by atoms with van der Waals surface area (Å²) < 4.78 is 14.7. The van der Waals surface area contributed by atoms with Gasteiger partial charge in [0, 0.05) is 16.4 Å². The average Bonchev–Trinajstić information content (AvgIpc) is 3.00. The van der Waals surface area contributed by atoms with Crippen LogP contribution >= 0.6 is 11.6 Å². The van der Waals surface area contributed by atoms with E-state index in [-0.39, 0.29) is 18.1 Å². The van der Waals surface area contributed by atoms with Crippen molar-refractivity contribution in [3.05, 3.63) is 70.3 Å². The second-order valence-corrected chi connectivity index (χ2v) is 6.59. The largest absolute Gasteiger partial charge is 0.324 e. The molecule has 9 heteroatoms. The van der Waals surface area contributed by atoms with Crippen LogP contribution in [0.5, 0.6) is 0 Å². The summed E-state index contributed by atoms with van der Waals surface area (Å²) in [7, 11) is 0. The van der Waals surface area contributed by atoms with E-state index >= 15 is 0 Å². The lowest BCUT2D eigenvalue weighted by Crippen LogP contribution is -2.21. The number of carbonyl (C=O) groups is 2. The first-order valence-corrected chi connectivity index (χ1v) is 8.74. The third-order valence-electron chi connectivity index (χ3n) is 4.07. The minimum absolute atomic E-state index is 0.0583. The number of aromatic nitrogens is 3. The smallest absolute Gasteiger partial charge is 0.278 e. The standard InChI is InChI=1S/C19H17ClFN5O2/c1-11-3-6-14(21)9-16(11)23-19(28)18-12(2)26(25-24-18)10-17(27)22-15-7-4-13(20)5-8-15/h3-9H,10H2,1-2H3,(H,22,27)(H,23,28). The monoisotopic (exact) mass is 401 g/mol. The second-order valence-electron chi connectivity index (χ2n) is 6.15. The lowest BCUT2D eigenvalue weighted by molar-refractivity contribution is -0.117. The maximum atomic E-state index is 13.4. The maximum absolute atomic E-state index is 13.4. The van der Waals surface area contributed by atoms with Crippen molar-refractivity contribution in [2.24, 2.45) is 0 Å². The first-order valence-electron chi connectivity index (χ1n) is 8.36. The molecule has 0 unspecified atom stereocenters. The molecule has 28 heavy (non-hydrogen) atoms. The van der Waals surface area contributed by atoms with Crippen LogP contribution in [-0.2, 0) is 11.3 Å². The Bertz CT molecular complexity index is 1030. The fraction of sp³-hybridized carbons (Fsp3) is 0.158. The third kappa shape index (κ3) is 4.52. The second kappa shape index (κ2) is 8.18. The number of aryl methyl sites for hydroxylation is 1. The Balaban J connectivity index is 1.69. The van der Waals surface area contributed by atoms with E-state index in [0.717, 1.165) is 0 Å². The van der Waals surface area contributed by atoms with E-state index in [1.165, 1.54) is 16.8 Å². The Morgan fingerprint density at radius 1 is 1.11 bits per heavy atom. The Hall–Kier alpha value is -3.26. The first kappa shape index (κ1) is 19.5. The highest BCUT2D eigenvalue weighted by Crippen LogP contribution is 2.18. The Morgan fingerprint density at radius 2 is 1.82 bits per heavy atom. The molecular weight excluding hydrogens is 385 g/mol. The number of nitrogens with zero attached hydrogens (tertiary/aromatic N) is 3. The molecule has 0 atom stereocenters. The maximum Gasteiger partial charge on any atom is 0.278 e. The summed E-state index contributed by atoms with van der Waals surface area (Å²) >= 11 is 5.81. The van der Waals surface area contributed by atoms with Crippen molar-refractivity contribution < 1.29 is 14.0 Å². The zero-order valence-electron chi connectivity index (χ0n) is 15.2. The van der Waals surface area contributed by atoms with Gasteiger partial charge in [-0.1, -0.05) is 22.9 Å². The molecule has 0 bridgehead atoms. The van der Waals surface area contributed by atoms with Crippen molar-refractivity contribution in [2.75, 3.05) is 10.6 Å². The van der Waals surface area contributed by atoms with Crippen LogP contribution in [0, 0.1) is 19.7 Å². The summed E-state index contributed by atoms with van der Waals surface area (Å²) in [5, 5.41) is 13.6. The molecule has 144 valence electrons. The van der Waals surface area contributed by atoms with Crippen LogP contribution in [0.1, 0.15) is 21.7 Å². The highest BCUT2D eigenvalue weighted by atomic mass is 35.5. The van der Waals surface area contributed by atoms with Gasteiger partial charge >= 0.3 is 0 Å². The summed E-state index contributed by atoms with van der Waals surface area (Å²) in [5.74, 6) is -1.32. The fourth-order valence-corrected chi connectivity index (χ4v) is 2.63. The van der Waals surface area contributed by atoms with Crippen molar-refractivity contribution >= 4 is 34.8 Å². The van der Waals surface area contributed by atoms with Crippen molar-refractivity contribution in [2.45, 2.75) is 20.4 Å². The molecule has 3 aromatic rings. The van der Waals surface area contributed by atoms with E-state index in [9.17, 15) is 14.0 Å². The van der Waals surface area contributed by atoms with Gasteiger partial charge in [-0.2, -0.15) is 0 Å². The quantitative estimate of drug-likeness (QED) is 0.683. The molecule has 2 amide bonds. The van der Waals surface area contributed by atoms with Crippen molar-refractivity contribution in [1.82, 2.24) is 15.0 Å². The predicted molar refractivity (Wildman–Crippen MR) is 104 cm³/mol. The molecule has 2 aromatic carbocycles. The molecule has 0 aliphatic rings. The van der Waals surface area contributed by atoms with Gasteiger partial charge in [0.1, 0.15) is 12.4 Å². The number of hydrogen-bond acceptors (Lipinski definition) is 4. The van der Waals surface area contributed by atoms with Gasteiger partial charge in [-0.3, -0.25) is 9.59 Å². The summed E-state index contributed by atoms with van der Waals surface area (Å²) in [6.45, 7) is 3.26. The van der Waals surface area contributed by atoms with Crippen LogP contribution < -0.4 is 10.6 Å². The summed E-state index contributed by atoms with van der Waals surface area (Å²) in [5.41, 5.74) is 2.12. The molecule has 7 nitrogen and oxygen atoms in total. The van der Waals surface area contributed by atoms with E-state index in [4.69, 9.17) is 11.6 Å². The van der Waals surface area contributed by atoms with Gasteiger partial charge in [0.05, 0.1) is 5.69 Å². The number of halogens is 2. The lowest BCUT2D eigenvalue weighted by atomic mass is 10.2. The first-order chi connectivity index (χ1) is 13.3. The van der Waals surface area contributed by atoms with E-state index in [1.54, 1.807) is 44.2 Å². The molecule has 0 fully saturated rings. The molecule has 0 saturated heterocycles. The molecular formula is C19H17ClFN5O2. The predicted octanol–water partition coefficient (Wildman–Crippen LogP) is 3.58. The Labute approximate surface area is 165 Å². The molecule has 0 aliphatic carbocycles. The van der Waals surface area contributed by atoms with Gasteiger partial charge < -0.3 is 10.6 Å². The lowest BCUT2D eigenvalue weighted by Gasteiger charge is -2.08. The highest BCUT2D eigenvalue weighted by molar-refractivity contribution is 6.30. The Morgan fingerprint density at radius 3 is 2.54 bits per heavy atom. The van der Waals surface area contributed by atoms with Gasteiger partial charge in [0.2, 0.25) is 5.91 Å². The van der Waals surface area contributed by atoms with Crippen LogP contribution in [0.3, 0.4) is 0 Å². The molecule has 2 N–H and O–H groups in total. The fourth-order valence-electron chi connectivity index (χ4n) is 2.50. The van der Waals surface area contributed by atoms with Crippen LogP contribution in [0.4, 0.5) is 15.8 Å². The van der Waals surface area contributed by atoms with Crippen molar-refractivity contribution in [1.29, 1.82) is 0 Å². The molecule has 0 aliphatic heterocycles. The van der Waals surface area contributed by atoms with Gasteiger partial charge in [-0.25, -0.2) is 9.07 Å². The van der Waals surface area contributed by atoms with Crippen LogP contribution in [0.15, 0.2) is 42.5 Å². The van der Waals surface area contributed by atoms with E-state index < -0.39 is 11.7 Å². The van der Waals surface area contributed by atoms with Gasteiger partial charge in [-0.15, -0.1) is 5.10 Å². The number of benzene rings is 2. The molecule has 1 aromatic heterocycles. The van der Waals surface area contributed by atoms with Crippen LogP contribution in [0.25, 0.3) is 0 Å². The van der Waals surface area contributed by atoms with E-state index in [2.05, 4.69) is 20.9 Å². The molecule has 0 spiro atoms. The zero-order valence-corrected chi connectivity index (χ0v) is 15.9. The third-order valence-corrected chi connectivity index (χ3v) is 4.32. The van der Waals surface area contributed by atoms with Crippen LogP contribution in [-0.4, -0.2) is 26.8 Å². The summed E-state index contributed by atoms with van der Waals surface area (Å²) in [6.07, 6.45) is 0. The number of anilines is 2.